The Kier molecular flexibility index (Phi) is 5.21. The fourth-order valence-electron chi connectivity index (χ4n) is 1.75. The lowest BCUT2D eigenvalue weighted by Crippen LogP contribution is -2.47. The highest BCUT2D eigenvalue weighted by Crippen LogP contribution is 2.10. The molecule has 6 heteroatoms. The smallest absolute Gasteiger partial charge is 0.326 e. The van der Waals surface area contributed by atoms with Gasteiger partial charge in [-0.15, -0.1) is 0 Å². The van der Waals surface area contributed by atoms with Crippen LogP contribution in [0.4, 0.5) is 0 Å². The number of piperidine rings is 1. The number of amides is 1. The summed E-state index contributed by atoms with van der Waals surface area (Å²) in [5.74, 6) is -1.51. The van der Waals surface area contributed by atoms with Crippen molar-refractivity contribution in [3.05, 3.63) is 0 Å². The first-order valence-electron chi connectivity index (χ1n) is 5.50. The van der Waals surface area contributed by atoms with Gasteiger partial charge in [-0.25, -0.2) is 4.79 Å². The van der Waals surface area contributed by atoms with Gasteiger partial charge in [0.1, 0.15) is 6.04 Å². The van der Waals surface area contributed by atoms with Gasteiger partial charge in [-0.1, -0.05) is 0 Å². The molecule has 1 amide bonds. The molecule has 0 aliphatic carbocycles. The maximum absolute atomic E-state index is 11.7. The number of aliphatic hydroxyl groups is 1. The number of carbonyl (C=O) groups excluding carboxylic acids is 1. The van der Waals surface area contributed by atoms with Gasteiger partial charge in [-0.2, -0.15) is 0 Å². The molecule has 1 saturated heterocycles. The van der Waals surface area contributed by atoms with Gasteiger partial charge in [0.15, 0.2) is 0 Å². The first-order valence-corrected chi connectivity index (χ1v) is 5.50. The van der Waals surface area contributed by atoms with Crippen molar-refractivity contribution in [3.63, 3.8) is 0 Å². The summed E-state index contributed by atoms with van der Waals surface area (Å²) >= 11 is 0. The number of rotatable bonds is 5. The molecule has 0 unspecified atom stereocenters. The van der Waals surface area contributed by atoms with Crippen molar-refractivity contribution in [1.82, 2.24) is 10.6 Å². The lowest BCUT2D eigenvalue weighted by Gasteiger charge is -2.23. The molecular formula is C10H18N2O4. The van der Waals surface area contributed by atoms with Crippen molar-refractivity contribution < 1.29 is 19.8 Å². The van der Waals surface area contributed by atoms with Crippen molar-refractivity contribution in [2.24, 2.45) is 5.92 Å². The minimum Gasteiger partial charge on any atom is -0.480 e. The maximum Gasteiger partial charge on any atom is 0.326 e. The van der Waals surface area contributed by atoms with Crippen LogP contribution in [0.3, 0.4) is 0 Å². The normalized spacial score (nSPS) is 22.4. The molecule has 0 spiro atoms. The molecule has 16 heavy (non-hydrogen) atoms. The van der Waals surface area contributed by atoms with E-state index in [-0.39, 0.29) is 24.9 Å². The number of aliphatic carboxylic acids is 1. The van der Waals surface area contributed by atoms with E-state index in [2.05, 4.69) is 10.6 Å². The number of nitrogens with one attached hydrogen (secondary N) is 2. The molecule has 4 N–H and O–H groups in total. The molecule has 0 aromatic rings. The Balaban J connectivity index is 2.43. The average Bonchev–Trinajstić information content (AvgIpc) is 2.29. The maximum atomic E-state index is 11.7. The molecule has 1 aliphatic heterocycles. The first kappa shape index (κ1) is 12.9. The number of hydrogen-bond donors (Lipinski definition) is 4. The van der Waals surface area contributed by atoms with E-state index in [9.17, 15) is 9.59 Å². The summed E-state index contributed by atoms with van der Waals surface area (Å²) in [7, 11) is 0. The van der Waals surface area contributed by atoms with Crippen LogP contribution in [-0.2, 0) is 9.59 Å². The highest BCUT2D eigenvalue weighted by atomic mass is 16.4. The van der Waals surface area contributed by atoms with Gasteiger partial charge < -0.3 is 20.8 Å². The summed E-state index contributed by atoms with van der Waals surface area (Å²) in [5, 5.41) is 23.0. The molecule has 1 heterocycles. The number of carbonyl (C=O) groups is 2. The third kappa shape index (κ3) is 3.79. The van der Waals surface area contributed by atoms with Crippen LogP contribution in [0.25, 0.3) is 0 Å². The van der Waals surface area contributed by atoms with E-state index < -0.39 is 12.0 Å². The van der Waals surface area contributed by atoms with Gasteiger partial charge in [0.25, 0.3) is 0 Å². The van der Waals surface area contributed by atoms with Crippen LogP contribution in [0.2, 0.25) is 0 Å². The molecule has 0 saturated carbocycles. The fourth-order valence-corrected chi connectivity index (χ4v) is 1.75. The Morgan fingerprint density at radius 1 is 1.50 bits per heavy atom. The van der Waals surface area contributed by atoms with Crippen LogP contribution in [0.15, 0.2) is 0 Å². The largest absolute Gasteiger partial charge is 0.480 e. The van der Waals surface area contributed by atoms with E-state index in [4.69, 9.17) is 10.2 Å². The predicted molar refractivity (Wildman–Crippen MR) is 56.9 cm³/mol. The molecule has 2 atom stereocenters. The second kappa shape index (κ2) is 6.44. The predicted octanol–water partition coefficient (Wildman–Crippen LogP) is -1.06. The molecule has 0 bridgehead atoms. The summed E-state index contributed by atoms with van der Waals surface area (Å²) in [5.41, 5.74) is 0. The van der Waals surface area contributed by atoms with Gasteiger partial charge in [0, 0.05) is 19.6 Å². The Morgan fingerprint density at radius 3 is 2.75 bits per heavy atom. The highest BCUT2D eigenvalue weighted by molar-refractivity contribution is 5.85. The third-order valence-corrected chi connectivity index (χ3v) is 2.70. The second-order valence-corrected chi connectivity index (χ2v) is 3.95. The third-order valence-electron chi connectivity index (χ3n) is 2.70. The molecule has 6 nitrogen and oxygen atoms in total. The lowest BCUT2D eigenvalue weighted by atomic mass is 9.98. The van der Waals surface area contributed by atoms with E-state index in [1.54, 1.807) is 0 Å². The number of aliphatic hydroxyl groups excluding tert-OH is 1. The van der Waals surface area contributed by atoms with Crippen molar-refractivity contribution in [2.75, 3.05) is 19.7 Å². The summed E-state index contributed by atoms with van der Waals surface area (Å²) in [6, 6.07) is -0.987. The quantitative estimate of drug-likeness (QED) is 0.482. The van der Waals surface area contributed by atoms with Crippen molar-refractivity contribution in [3.8, 4) is 0 Å². The van der Waals surface area contributed by atoms with E-state index in [1.165, 1.54) is 0 Å². The van der Waals surface area contributed by atoms with E-state index in [1.807, 2.05) is 0 Å². The molecule has 0 aromatic carbocycles. The van der Waals surface area contributed by atoms with Gasteiger partial charge in [-0.05, 0) is 19.4 Å². The Morgan fingerprint density at radius 2 is 2.25 bits per heavy atom. The standard InChI is InChI=1S/C10H18N2O4/c13-5-3-8(10(15)16)12-9(14)7-2-1-4-11-6-7/h7-8,11,13H,1-6H2,(H,12,14)(H,15,16)/t7-,8+/m1/s1. The molecule has 1 fully saturated rings. The molecule has 0 radical (unpaired) electrons. The van der Waals surface area contributed by atoms with Crippen LogP contribution >= 0.6 is 0 Å². The molecule has 0 aromatic heterocycles. The number of carboxylic acids is 1. The van der Waals surface area contributed by atoms with Crippen LogP contribution < -0.4 is 10.6 Å². The van der Waals surface area contributed by atoms with E-state index >= 15 is 0 Å². The SMILES string of the molecule is O=C(N[C@@H](CCO)C(=O)O)[C@@H]1CCCNC1. The molecule has 1 rings (SSSR count). The summed E-state index contributed by atoms with van der Waals surface area (Å²) in [6.07, 6.45) is 1.75. The van der Waals surface area contributed by atoms with E-state index in [0.717, 1.165) is 19.4 Å². The fraction of sp³-hybridized carbons (Fsp3) is 0.800. The van der Waals surface area contributed by atoms with Crippen LogP contribution in [0, 0.1) is 5.92 Å². The zero-order chi connectivity index (χ0) is 12.0. The van der Waals surface area contributed by atoms with E-state index in [0.29, 0.717) is 6.54 Å². The van der Waals surface area contributed by atoms with Gasteiger partial charge in [-0.3, -0.25) is 4.79 Å². The van der Waals surface area contributed by atoms with Crippen LogP contribution in [0.1, 0.15) is 19.3 Å². The monoisotopic (exact) mass is 230 g/mol. The zero-order valence-corrected chi connectivity index (χ0v) is 9.11. The van der Waals surface area contributed by atoms with Crippen molar-refractivity contribution in [2.45, 2.75) is 25.3 Å². The van der Waals surface area contributed by atoms with Gasteiger partial charge >= 0.3 is 5.97 Å². The second-order valence-electron chi connectivity index (χ2n) is 3.95. The lowest BCUT2D eigenvalue weighted by molar-refractivity contribution is -0.143. The zero-order valence-electron chi connectivity index (χ0n) is 9.11. The summed E-state index contributed by atoms with van der Waals surface area (Å²) in [6.45, 7) is 1.25. The average molecular weight is 230 g/mol. The topological polar surface area (TPSA) is 98.7 Å². The Hall–Kier alpha value is -1.14. The summed E-state index contributed by atoms with van der Waals surface area (Å²) < 4.78 is 0. The van der Waals surface area contributed by atoms with Gasteiger partial charge in [0.05, 0.1) is 5.92 Å². The number of carboxylic acid groups (broad SMARTS) is 1. The molecular weight excluding hydrogens is 212 g/mol. The molecule has 1 aliphatic rings. The van der Waals surface area contributed by atoms with Crippen molar-refractivity contribution >= 4 is 11.9 Å². The Bertz CT molecular complexity index is 251. The minimum absolute atomic E-state index is 0.0429. The van der Waals surface area contributed by atoms with Crippen molar-refractivity contribution in [1.29, 1.82) is 0 Å². The molecule has 92 valence electrons. The van der Waals surface area contributed by atoms with Crippen LogP contribution in [0.5, 0.6) is 0 Å². The Labute approximate surface area is 94.0 Å². The minimum atomic E-state index is -1.11. The number of hydrogen-bond acceptors (Lipinski definition) is 4. The highest BCUT2D eigenvalue weighted by Gasteiger charge is 2.25. The summed E-state index contributed by atoms with van der Waals surface area (Å²) in [4.78, 5) is 22.5. The van der Waals surface area contributed by atoms with Gasteiger partial charge in [0.2, 0.25) is 5.91 Å². The van der Waals surface area contributed by atoms with Crippen LogP contribution in [-0.4, -0.2) is 47.8 Å². The first-order chi connectivity index (χ1) is 7.65.